The first-order chi connectivity index (χ1) is 25.1. The Labute approximate surface area is 309 Å². The maximum Gasteiger partial charge on any atom is 0.408 e. The number of hydrogen-bond donors (Lipinski definition) is 6. The van der Waals surface area contributed by atoms with E-state index < -0.39 is 77.7 Å². The van der Waals surface area contributed by atoms with Gasteiger partial charge in [-0.25, -0.2) is 9.59 Å². The summed E-state index contributed by atoms with van der Waals surface area (Å²) in [4.78, 5) is 103. The van der Waals surface area contributed by atoms with E-state index in [0.717, 1.165) is 0 Å². The van der Waals surface area contributed by atoms with Crippen LogP contribution in [0.2, 0.25) is 0 Å². The summed E-state index contributed by atoms with van der Waals surface area (Å²) in [5, 5.41) is 10.3. The number of benzene rings is 1. The highest BCUT2D eigenvalue weighted by molar-refractivity contribution is 5.96. The van der Waals surface area contributed by atoms with Crippen molar-refractivity contribution in [1.82, 2.24) is 26.2 Å². The fourth-order valence-corrected chi connectivity index (χ4v) is 5.48. The van der Waals surface area contributed by atoms with Crippen molar-refractivity contribution in [3.8, 4) is 0 Å². The van der Waals surface area contributed by atoms with Crippen LogP contribution in [0.25, 0.3) is 0 Å². The SMILES string of the molecule is CCOC(=O)/C=C/CC[C@H](NC(=O)OCc1ccccc1)C(=O)N[C@@H](CCC(N)=O)C(=O)N1CCC[C@H]1C(=O)N[C@@H](CC(C)C)C(=O)N[C@@H](C)C(N)=O. The summed E-state index contributed by atoms with van der Waals surface area (Å²) in [6.45, 7) is 7.01. The van der Waals surface area contributed by atoms with Crippen LogP contribution in [0.1, 0.15) is 78.2 Å². The molecule has 5 atom stereocenters. The van der Waals surface area contributed by atoms with Gasteiger partial charge in [0, 0.05) is 19.0 Å². The van der Waals surface area contributed by atoms with Crippen molar-refractivity contribution >= 4 is 47.5 Å². The predicted molar refractivity (Wildman–Crippen MR) is 192 cm³/mol. The average Bonchev–Trinajstić information content (AvgIpc) is 3.60. The van der Waals surface area contributed by atoms with Gasteiger partial charge in [0.15, 0.2) is 0 Å². The number of nitrogens with two attached hydrogens (primary N) is 2. The molecule has 53 heavy (non-hydrogen) atoms. The lowest BCUT2D eigenvalue weighted by Crippen LogP contribution is -2.58. The molecule has 2 rings (SSSR count). The van der Waals surface area contributed by atoms with E-state index >= 15 is 0 Å². The lowest BCUT2D eigenvalue weighted by molar-refractivity contribution is -0.142. The molecule has 7 amide bonds. The minimum Gasteiger partial charge on any atom is -0.463 e. The normalized spacial score (nSPS) is 16.2. The van der Waals surface area contributed by atoms with Crippen LogP contribution < -0.4 is 32.7 Å². The van der Waals surface area contributed by atoms with Crippen molar-refractivity contribution in [2.75, 3.05) is 13.2 Å². The van der Waals surface area contributed by atoms with Crippen molar-refractivity contribution in [3.63, 3.8) is 0 Å². The second-order valence-electron chi connectivity index (χ2n) is 13.1. The molecule has 8 N–H and O–H groups in total. The van der Waals surface area contributed by atoms with Crippen LogP contribution in [-0.4, -0.2) is 95.8 Å². The summed E-state index contributed by atoms with van der Waals surface area (Å²) < 4.78 is 10.2. The molecular weight excluding hydrogens is 690 g/mol. The number of nitrogens with one attached hydrogen (secondary N) is 4. The summed E-state index contributed by atoms with van der Waals surface area (Å²) in [5.41, 5.74) is 11.4. The summed E-state index contributed by atoms with van der Waals surface area (Å²) in [6.07, 6.45) is 2.32. The lowest BCUT2D eigenvalue weighted by Gasteiger charge is -2.31. The number of carbonyl (C=O) groups is 8. The van der Waals surface area contributed by atoms with E-state index in [0.29, 0.717) is 12.0 Å². The number of nitrogens with zero attached hydrogens (tertiary/aromatic N) is 1. The van der Waals surface area contributed by atoms with Crippen molar-refractivity contribution in [2.24, 2.45) is 17.4 Å². The fraction of sp³-hybridized carbons (Fsp3) is 0.556. The Bertz CT molecular complexity index is 1470. The summed E-state index contributed by atoms with van der Waals surface area (Å²) in [5.74, 6) is -4.77. The van der Waals surface area contributed by atoms with Crippen LogP contribution in [-0.2, 0) is 49.6 Å². The molecular formula is C36H53N7O10. The van der Waals surface area contributed by atoms with Crippen LogP contribution in [0, 0.1) is 5.92 Å². The number of ether oxygens (including phenoxy) is 2. The summed E-state index contributed by atoms with van der Waals surface area (Å²) in [6, 6.07) is 3.26. The van der Waals surface area contributed by atoms with Gasteiger partial charge in [-0.2, -0.15) is 0 Å². The molecule has 1 saturated heterocycles. The first-order valence-corrected chi connectivity index (χ1v) is 17.7. The second-order valence-corrected chi connectivity index (χ2v) is 13.1. The van der Waals surface area contributed by atoms with Gasteiger partial charge in [-0.15, -0.1) is 0 Å². The van der Waals surface area contributed by atoms with Crippen LogP contribution in [0.4, 0.5) is 4.79 Å². The van der Waals surface area contributed by atoms with Gasteiger partial charge in [0.2, 0.25) is 35.4 Å². The Morgan fingerprint density at radius 2 is 1.55 bits per heavy atom. The first-order valence-electron chi connectivity index (χ1n) is 17.7. The molecule has 0 saturated carbocycles. The summed E-state index contributed by atoms with van der Waals surface area (Å²) >= 11 is 0. The molecule has 0 aliphatic carbocycles. The van der Waals surface area contributed by atoms with Crippen molar-refractivity contribution < 1.29 is 47.8 Å². The van der Waals surface area contributed by atoms with Gasteiger partial charge in [-0.1, -0.05) is 50.3 Å². The molecule has 0 bridgehead atoms. The number of esters is 1. The van der Waals surface area contributed by atoms with Crippen LogP contribution in [0.5, 0.6) is 0 Å². The van der Waals surface area contributed by atoms with Crippen molar-refractivity contribution in [1.29, 1.82) is 0 Å². The predicted octanol–water partition coefficient (Wildman–Crippen LogP) is 0.443. The maximum atomic E-state index is 14.0. The first kappa shape index (κ1) is 43.7. The third-order valence-corrected chi connectivity index (χ3v) is 8.24. The highest BCUT2D eigenvalue weighted by Gasteiger charge is 2.39. The van der Waals surface area contributed by atoms with Gasteiger partial charge in [0.1, 0.15) is 36.8 Å². The molecule has 1 aromatic rings. The van der Waals surface area contributed by atoms with Crippen molar-refractivity contribution in [3.05, 3.63) is 48.0 Å². The van der Waals surface area contributed by atoms with Crippen LogP contribution in [0.3, 0.4) is 0 Å². The van der Waals surface area contributed by atoms with Crippen molar-refractivity contribution in [2.45, 2.75) is 109 Å². The Morgan fingerprint density at radius 3 is 2.17 bits per heavy atom. The van der Waals surface area contributed by atoms with E-state index in [-0.39, 0.29) is 64.2 Å². The molecule has 1 aromatic carbocycles. The standard InChI is InChI=1S/C36H53N7O10/c1-5-52-30(45)16-10-9-14-25(42-36(51)53-21-24-12-7-6-8-13-24)32(47)40-26(17-18-29(37)44)35(50)43-19-11-15-28(43)34(49)41-27(20-22(2)3)33(48)39-23(4)31(38)46/h6-8,10,12-13,16,22-23,25-28H,5,9,11,14-15,17-21H2,1-4H3,(H2,37,44)(H2,38,46)(H,39,48)(H,40,47)(H,41,49)(H,42,51)/b16-10+/t23-,25-,26-,27-,28-/m0/s1. The Kier molecular flexibility index (Phi) is 18.5. The molecule has 1 heterocycles. The zero-order valence-corrected chi connectivity index (χ0v) is 30.8. The lowest BCUT2D eigenvalue weighted by atomic mass is 10.0. The van der Waals surface area contributed by atoms with Gasteiger partial charge in [0.05, 0.1) is 6.61 Å². The number of amides is 7. The zero-order valence-electron chi connectivity index (χ0n) is 30.8. The molecule has 1 aliphatic rings. The minimum absolute atomic E-state index is 0.0126. The largest absolute Gasteiger partial charge is 0.463 e. The van der Waals surface area contributed by atoms with Crippen LogP contribution in [0.15, 0.2) is 42.5 Å². The molecule has 0 radical (unpaired) electrons. The molecule has 0 spiro atoms. The van der Waals surface area contributed by atoms with Crippen LogP contribution >= 0.6 is 0 Å². The summed E-state index contributed by atoms with van der Waals surface area (Å²) in [7, 11) is 0. The minimum atomic E-state index is -1.32. The Balaban J connectivity index is 2.26. The van der Waals surface area contributed by atoms with E-state index in [4.69, 9.17) is 20.9 Å². The molecule has 1 aliphatic heterocycles. The third kappa shape index (κ3) is 15.7. The number of alkyl carbamates (subject to hydrolysis) is 1. The number of allylic oxidation sites excluding steroid dienone is 1. The van der Waals surface area contributed by atoms with E-state index in [2.05, 4.69) is 21.3 Å². The number of rotatable bonds is 21. The topological polar surface area (TPSA) is 258 Å². The molecule has 17 heteroatoms. The van der Waals surface area contributed by atoms with E-state index in [1.165, 1.54) is 24.0 Å². The van der Waals surface area contributed by atoms with E-state index in [1.54, 1.807) is 37.3 Å². The van der Waals surface area contributed by atoms with E-state index in [9.17, 15) is 38.4 Å². The molecule has 17 nitrogen and oxygen atoms in total. The molecule has 1 fully saturated rings. The average molecular weight is 744 g/mol. The Hall–Kier alpha value is -5.48. The number of primary amides is 2. The molecule has 292 valence electrons. The van der Waals surface area contributed by atoms with Gasteiger partial charge >= 0.3 is 12.1 Å². The molecule has 0 unspecified atom stereocenters. The van der Waals surface area contributed by atoms with Gasteiger partial charge < -0.3 is 47.1 Å². The van der Waals surface area contributed by atoms with Gasteiger partial charge in [-0.3, -0.25) is 28.8 Å². The van der Waals surface area contributed by atoms with E-state index in [1.807, 2.05) is 13.8 Å². The molecule has 0 aromatic heterocycles. The highest BCUT2D eigenvalue weighted by atomic mass is 16.5. The van der Waals surface area contributed by atoms with Gasteiger partial charge in [-0.05, 0) is 63.9 Å². The third-order valence-electron chi connectivity index (χ3n) is 8.24. The maximum absolute atomic E-state index is 14.0. The Morgan fingerprint density at radius 1 is 0.868 bits per heavy atom. The smallest absolute Gasteiger partial charge is 0.408 e. The quantitative estimate of drug-likeness (QED) is 0.0748. The monoisotopic (exact) mass is 743 g/mol. The fourth-order valence-electron chi connectivity index (χ4n) is 5.48. The van der Waals surface area contributed by atoms with Gasteiger partial charge in [0.25, 0.3) is 0 Å². The zero-order chi connectivity index (χ0) is 39.5. The highest BCUT2D eigenvalue weighted by Crippen LogP contribution is 2.21. The number of likely N-dealkylation sites (tertiary alicyclic amines) is 1. The second kappa shape index (κ2) is 22.5. The number of hydrogen-bond acceptors (Lipinski definition) is 10. The number of carbonyl (C=O) groups excluding carboxylic acids is 8.